The largest absolute Gasteiger partial charge is 0.399 e. The number of nitrogens with two attached hydrogens (primary N) is 1. The number of hydrogen-bond donors (Lipinski definition) is 1. The van der Waals surface area contributed by atoms with Crippen molar-refractivity contribution in [3.63, 3.8) is 0 Å². The van der Waals surface area contributed by atoms with Crippen molar-refractivity contribution in [3.8, 4) is 0 Å². The summed E-state index contributed by atoms with van der Waals surface area (Å²) >= 11 is 0. The monoisotopic (exact) mass is 283 g/mol. The van der Waals surface area contributed by atoms with Crippen LogP contribution in [-0.2, 0) is 0 Å². The first-order valence-corrected chi connectivity index (χ1v) is 7.29. The van der Waals surface area contributed by atoms with Gasteiger partial charge < -0.3 is 15.5 Å². The molecule has 0 aliphatic carbocycles. The molecule has 0 spiro atoms. The van der Waals surface area contributed by atoms with Gasteiger partial charge in [0.25, 0.3) is 0 Å². The van der Waals surface area contributed by atoms with E-state index in [-0.39, 0.29) is 0 Å². The molecule has 0 amide bonds. The SMILES string of the molecule is Cc1cc(C)nc(N2CCN(c3cccc(N)c3)CC2)n1. The van der Waals surface area contributed by atoms with Crippen LogP contribution in [0.15, 0.2) is 30.3 Å². The molecule has 0 unspecified atom stereocenters. The van der Waals surface area contributed by atoms with Gasteiger partial charge in [-0.1, -0.05) is 6.07 Å². The lowest BCUT2D eigenvalue weighted by Gasteiger charge is -2.36. The summed E-state index contributed by atoms with van der Waals surface area (Å²) in [6.07, 6.45) is 0. The normalized spacial score (nSPS) is 15.3. The van der Waals surface area contributed by atoms with E-state index in [2.05, 4.69) is 25.8 Å². The van der Waals surface area contributed by atoms with Crippen LogP contribution in [0.5, 0.6) is 0 Å². The van der Waals surface area contributed by atoms with Gasteiger partial charge in [0.05, 0.1) is 0 Å². The maximum atomic E-state index is 5.86. The van der Waals surface area contributed by atoms with Crippen molar-refractivity contribution in [1.82, 2.24) is 9.97 Å². The van der Waals surface area contributed by atoms with E-state index in [0.717, 1.165) is 49.2 Å². The van der Waals surface area contributed by atoms with E-state index >= 15 is 0 Å². The van der Waals surface area contributed by atoms with Gasteiger partial charge in [-0.3, -0.25) is 0 Å². The Hall–Kier alpha value is -2.30. The standard InChI is InChI=1S/C16H21N5/c1-12-10-13(2)19-16(18-12)21-8-6-20(7-9-21)15-5-3-4-14(17)11-15/h3-5,10-11H,6-9,17H2,1-2H3. The molecule has 0 atom stereocenters. The predicted octanol–water partition coefficient (Wildman–Crippen LogP) is 2.00. The highest BCUT2D eigenvalue weighted by Crippen LogP contribution is 2.20. The lowest BCUT2D eigenvalue weighted by Crippen LogP contribution is -2.47. The van der Waals surface area contributed by atoms with Crippen LogP contribution in [0.3, 0.4) is 0 Å². The average Bonchev–Trinajstić information content (AvgIpc) is 2.46. The molecule has 2 aromatic rings. The molecule has 2 N–H and O–H groups in total. The average molecular weight is 283 g/mol. The zero-order valence-electron chi connectivity index (χ0n) is 12.6. The first kappa shape index (κ1) is 13.7. The van der Waals surface area contributed by atoms with Gasteiger partial charge in [-0.2, -0.15) is 0 Å². The van der Waals surface area contributed by atoms with E-state index in [9.17, 15) is 0 Å². The number of nitrogen functional groups attached to an aromatic ring is 1. The molecule has 110 valence electrons. The van der Waals surface area contributed by atoms with Crippen LogP contribution >= 0.6 is 0 Å². The van der Waals surface area contributed by atoms with Crippen molar-refractivity contribution in [2.24, 2.45) is 0 Å². The third-order valence-electron chi connectivity index (χ3n) is 3.77. The maximum absolute atomic E-state index is 5.86. The summed E-state index contributed by atoms with van der Waals surface area (Å²) < 4.78 is 0. The molecule has 1 saturated heterocycles. The Morgan fingerprint density at radius 2 is 1.52 bits per heavy atom. The van der Waals surface area contributed by atoms with Crippen molar-refractivity contribution >= 4 is 17.3 Å². The molecular formula is C16H21N5. The van der Waals surface area contributed by atoms with Crippen LogP contribution in [0.25, 0.3) is 0 Å². The molecule has 2 heterocycles. The number of anilines is 3. The van der Waals surface area contributed by atoms with Gasteiger partial charge in [-0.25, -0.2) is 9.97 Å². The quantitative estimate of drug-likeness (QED) is 0.854. The molecule has 1 aliphatic rings. The fraction of sp³-hybridized carbons (Fsp3) is 0.375. The van der Waals surface area contributed by atoms with Crippen LogP contribution < -0.4 is 15.5 Å². The first-order valence-electron chi connectivity index (χ1n) is 7.29. The third-order valence-corrected chi connectivity index (χ3v) is 3.77. The van der Waals surface area contributed by atoms with Gasteiger partial charge in [-0.15, -0.1) is 0 Å². The Balaban J connectivity index is 1.70. The topological polar surface area (TPSA) is 58.3 Å². The van der Waals surface area contributed by atoms with Crippen LogP contribution in [-0.4, -0.2) is 36.1 Å². The third kappa shape index (κ3) is 3.07. The van der Waals surface area contributed by atoms with Crippen LogP contribution in [0.1, 0.15) is 11.4 Å². The highest BCUT2D eigenvalue weighted by molar-refractivity contribution is 5.56. The molecule has 5 heteroatoms. The predicted molar refractivity (Wildman–Crippen MR) is 86.8 cm³/mol. The van der Waals surface area contributed by atoms with Gasteiger partial charge in [-0.05, 0) is 38.1 Å². The van der Waals surface area contributed by atoms with Gasteiger partial charge in [0, 0.05) is 48.9 Å². The van der Waals surface area contributed by atoms with Gasteiger partial charge in [0.2, 0.25) is 5.95 Å². The van der Waals surface area contributed by atoms with E-state index in [1.807, 2.05) is 38.1 Å². The lowest BCUT2D eigenvalue weighted by molar-refractivity contribution is 0.638. The molecule has 1 aromatic carbocycles. The second-order valence-corrected chi connectivity index (χ2v) is 5.52. The highest BCUT2D eigenvalue weighted by Gasteiger charge is 2.19. The summed E-state index contributed by atoms with van der Waals surface area (Å²) in [6.45, 7) is 7.80. The molecule has 1 aliphatic heterocycles. The Kier molecular flexibility index (Phi) is 3.64. The number of aryl methyl sites for hydroxylation is 2. The second-order valence-electron chi connectivity index (χ2n) is 5.52. The van der Waals surface area contributed by atoms with Crippen molar-refractivity contribution in [1.29, 1.82) is 0 Å². The van der Waals surface area contributed by atoms with E-state index < -0.39 is 0 Å². The first-order chi connectivity index (χ1) is 10.1. The summed E-state index contributed by atoms with van der Waals surface area (Å²) in [7, 11) is 0. The molecular weight excluding hydrogens is 262 g/mol. The Labute approximate surface area is 125 Å². The Morgan fingerprint density at radius 1 is 0.905 bits per heavy atom. The zero-order chi connectivity index (χ0) is 14.8. The van der Waals surface area contributed by atoms with E-state index in [0.29, 0.717) is 0 Å². The molecule has 0 bridgehead atoms. The molecule has 3 rings (SSSR count). The summed E-state index contributed by atoms with van der Waals surface area (Å²) in [5.41, 5.74) is 9.91. The summed E-state index contributed by atoms with van der Waals surface area (Å²) in [5, 5.41) is 0. The number of rotatable bonds is 2. The van der Waals surface area contributed by atoms with Crippen molar-refractivity contribution in [2.75, 3.05) is 41.7 Å². The fourth-order valence-corrected chi connectivity index (χ4v) is 2.73. The van der Waals surface area contributed by atoms with Gasteiger partial charge >= 0.3 is 0 Å². The maximum Gasteiger partial charge on any atom is 0.225 e. The summed E-state index contributed by atoms with van der Waals surface area (Å²) in [6, 6.07) is 10.1. The lowest BCUT2D eigenvalue weighted by atomic mass is 10.2. The van der Waals surface area contributed by atoms with Gasteiger partial charge in [0.15, 0.2) is 0 Å². The molecule has 1 aromatic heterocycles. The minimum absolute atomic E-state index is 0.813. The zero-order valence-corrected chi connectivity index (χ0v) is 12.6. The van der Waals surface area contributed by atoms with Crippen molar-refractivity contribution in [3.05, 3.63) is 41.7 Å². The second kappa shape index (κ2) is 5.60. The minimum atomic E-state index is 0.813. The Morgan fingerprint density at radius 3 is 2.14 bits per heavy atom. The molecule has 21 heavy (non-hydrogen) atoms. The van der Waals surface area contributed by atoms with Gasteiger partial charge in [0.1, 0.15) is 0 Å². The van der Waals surface area contributed by atoms with E-state index in [4.69, 9.17) is 5.73 Å². The minimum Gasteiger partial charge on any atom is -0.399 e. The highest BCUT2D eigenvalue weighted by atomic mass is 15.3. The molecule has 1 fully saturated rings. The van der Waals surface area contributed by atoms with Crippen LogP contribution in [0.2, 0.25) is 0 Å². The van der Waals surface area contributed by atoms with Crippen LogP contribution in [0.4, 0.5) is 17.3 Å². The Bertz CT molecular complexity index is 612. The number of benzene rings is 1. The van der Waals surface area contributed by atoms with E-state index in [1.165, 1.54) is 5.69 Å². The molecule has 5 nitrogen and oxygen atoms in total. The molecule has 0 saturated carbocycles. The number of aromatic nitrogens is 2. The van der Waals surface area contributed by atoms with Crippen molar-refractivity contribution < 1.29 is 0 Å². The number of hydrogen-bond acceptors (Lipinski definition) is 5. The smallest absolute Gasteiger partial charge is 0.225 e. The van der Waals surface area contributed by atoms with E-state index in [1.54, 1.807) is 0 Å². The van der Waals surface area contributed by atoms with Crippen molar-refractivity contribution in [2.45, 2.75) is 13.8 Å². The summed E-state index contributed by atoms with van der Waals surface area (Å²) in [4.78, 5) is 13.7. The number of nitrogens with zero attached hydrogens (tertiary/aromatic N) is 4. The number of piperazine rings is 1. The molecule has 0 radical (unpaired) electrons. The summed E-state index contributed by atoms with van der Waals surface area (Å²) in [5.74, 6) is 0.847. The van der Waals surface area contributed by atoms with Crippen LogP contribution in [0, 0.1) is 13.8 Å². The fourth-order valence-electron chi connectivity index (χ4n) is 2.73.